The number of aryl methyl sites for hydroxylation is 1. The average molecular weight is 252 g/mol. The third kappa shape index (κ3) is 3.84. The van der Waals surface area contributed by atoms with Crippen molar-refractivity contribution in [2.45, 2.75) is 39.2 Å². The van der Waals surface area contributed by atoms with E-state index in [9.17, 15) is 4.79 Å². The maximum absolute atomic E-state index is 10.6. The molecule has 100 valence electrons. The number of likely N-dealkylation sites (tertiary alicyclic amines) is 1. The van der Waals surface area contributed by atoms with E-state index < -0.39 is 5.97 Å². The minimum atomic E-state index is -0.695. The molecule has 1 aliphatic rings. The van der Waals surface area contributed by atoms with Crippen molar-refractivity contribution in [2.75, 3.05) is 13.1 Å². The van der Waals surface area contributed by atoms with Crippen LogP contribution in [0.4, 0.5) is 0 Å². The molecule has 0 aromatic carbocycles. The summed E-state index contributed by atoms with van der Waals surface area (Å²) in [6, 6.07) is 1.96. The first-order valence-corrected chi connectivity index (χ1v) is 6.50. The molecular weight excluding hydrogens is 232 g/mol. The van der Waals surface area contributed by atoms with Crippen molar-refractivity contribution in [3.05, 3.63) is 17.5 Å². The highest BCUT2D eigenvalue weighted by atomic mass is 16.5. The fourth-order valence-corrected chi connectivity index (χ4v) is 2.58. The minimum absolute atomic E-state index is 0.279. The van der Waals surface area contributed by atoms with Gasteiger partial charge in [0.05, 0.1) is 5.69 Å². The second-order valence-electron chi connectivity index (χ2n) is 5.10. The van der Waals surface area contributed by atoms with E-state index in [0.29, 0.717) is 5.92 Å². The number of rotatable bonds is 5. The van der Waals surface area contributed by atoms with Crippen LogP contribution < -0.4 is 0 Å². The normalized spacial score (nSPS) is 21.1. The van der Waals surface area contributed by atoms with Crippen LogP contribution in [-0.4, -0.2) is 34.2 Å². The molecule has 1 aromatic rings. The molecule has 0 radical (unpaired) electrons. The summed E-state index contributed by atoms with van der Waals surface area (Å²) in [6.07, 6.45) is 3.34. The largest absolute Gasteiger partial charge is 0.481 e. The molecule has 1 aliphatic heterocycles. The Morgan fingerprint density at radius 2 is 2.50 bits per heavy atom. The van der Waals surface area contributed by atoms with Crippen molar-refractivity contribution in [3.63, 3.8) is 0 Å². The fourth-order valence-electron chi connectivity index (χ4n) is 2.58. The lowest BCUT2D eigenvalue weighted by Gasteiger charge is -2.31. The first kappa shape index (κ1) is 13.1. The van der Waals surface area contributed by atoms with Gasteiger partial charge in [-0.1, -0.05) is 5.16 Å². The molecule has 1 unspecified atom stereocenters. The first-order valence-electron chi connectivity index (χ1n) is 6.50. The molecular formula is C13H20N2O3. The van der Waals surface area contributed by atoms with Crippen LogP contribution in [0.2, 0.25) is 0 Å². The Hall–Kier alpha value is -1.36. The summed E-state index contributed by atoms with van der Waals surface area (Å²) in [5, 5.41) is 12.7. The van der Waals surface area contributed by atoms with Crippen molar-refractivity contribution >= 4 is 5.97 Å². The maximum Gasteiger partial charge on any atom is 0.303 e. The summed E-state index contributed by atoms with van der Waals surface area (Å²) >= 11 is 0. The predicted octanol–water partition coefficient (Wildman–Crippen LogP) is 2.06. The highest BCUT2D eigenvalue weighted by molar-refractivity contribution is 5.66. The van der Waals surface area contributed by atoms with E-state index in [0.717, 1.165) is 50.4 Å². The average Bonchev–Trinajstić information content (AvgIpc) is 2.73. The number of carboxylic acid groups (broad SMARTS) is 1. The number of hydrogen-bond donors (Lipinski definition) is 1. The van der Waals surface area contributed by atoms with Crippen molar-refractivity contribution < 1.29 is 14.4 Å². The van der Waals surface area contributed by atoms with Crippen LogP contribution in [0.3, 0.4) is 0 Å². The van der Waals surface area contributed by atoms with Gasteiger partial charge in [0.1, 0.15) is 5.76 Å². The summed E-state index contributed by atoms with van der Waals surface area (Å²) in [4.78, 5) is 12.9. The van der Waals surface area contributed by atoms with E-state index in [2.05, 4.69) is 10.1 Å². The van der Waals surface area contributed by atoms with E-state index in [1.165, 1.54) is 0 Å². The molecule has 0 amide bonds. The van der Waals surface area contributed by atoms with Gasteiger partial charge in [-0.3, -0.25) is 9.69 Å². The summed E-state index contributed by atoms with van der Waals surface area (Å²) in [7, 11) is 0. The van der Waals surface area contributed by atoms with E-state index in [4.69, 9.17) is 9.63 Å². The zero-order chi connectivity index (χ0) is 13.0. The molecule has 5 heteroatoms. The maximum atomic E-state index is 10.6. The zero-order valence-electron chi connectivity index (χ0n) is 10.8. The van der Waals surface area contributed by atoms with Crippen molar-refractivity contribution in [1.82, 2.24) is 10.1 Å². The van der Waals surface area contributed by atoms with Gasteiger partial charge in [0.2, 0.25) is 0 Å². The van der Waals surface area contributed by atoms with Gasteiger partial charge in [0, 0.05) is 25.6 Å². The molecule has 0 saturated carbocycles. The van der Waals surface area contributed by atoms with Crippen molar-refractivity contribution in [1.29, 1.82) is 0 Å². The van der Waals surface area contributed by atoms with Gasteiger partial charge in [0.15, 0.2) is 0 Å². The van der Waals surface area contributed by atoms with Gasteiger partial charge in [-0.15, -0.1) is 0 Å². The summed E-state index contributed by atoms with van der Waals surface area (Å²) in [6.45, 7) is 4.73. The highest BCUT2D eigenvalue weighted by Crippen LogP contribution is 2.22. The molecule has 1 aromatic heterocycles. The molecule has 18 heavy (non-hydrogen) atoms. The topological polar surface area (TPSA) is 66.6 Å². The molecule has 1 fully saturated rings. The van der Waals surface area contributed by atoms with Gasteiger partial charge in [-0.2, -0.15) is 0 Å². The summed E-state index contributed by atoms with van der Waals surface area (Å²) in [5.74, 6) is 0.645. The third-order valence-corrected chi connectivity index (χ3v) is 3.43. The van der Waals surface area contributed by atoms with Gasteiger partial charge in [0.25, 0.3) is 0 Å². The number of carbonyl (C=O) groups is 1. The molecule has 1 N–H and O–H groups in total. The first-order chi connectivity index (χ1) is 8.63. The lowest BCUT2D eigenvalue weighted by Crippen LogP contribution is -2.35. The lowest BCUT2D eigenvalue weighted by molar-refractivity contribution is -0.137. The van der Waals surface area contributed by atoms with Gasteiger partial charge >= 0.3 is 5.97 Å². The van der Waals surface area contributed by atoms with Crippen molar-refractivity contribution in [2.24, 2.45) is 5.92 Å². The number of hydrogen-bond acceptors (Lipinski definition) is 4. The van der Waals surface area contributed by atoms with E-state index in [1.54, 1.807) is 0 Å². The number of nitrogens with zero attached hydrogens (tertiary/aromatic N) is 2. The molecule has 1 saturated heterocycles. The molecule has 2 heterocycles. The second kappa shape index (κ2) is 6.00. The van der Waals surface area contributed by atoms with Crippen LogP contribution in [0.5, 0.6) is 0 Å². The molecule has 0 spiro atoms. The Kier molecular flexibility index (Phi) is 4.36. The SMILES string of the molecule is Cc1cc(CN2CCCC(CCC(=O)O)C2)no1. The third-order valence-electron chi connectivity index (χ3n) is 3.43. The predicted molar refractivity (Wildman–Crippen MR) is 66.1 cm³/mol. The van der Waals surface area contributed by atoms with Crippen LogP contribution in [-0.2, 0) is 11.3 Å². The standard InChI is InChI=1S/C13H20N2O3/c1-10-7-12(14-18-10)9-15-6-2-3-11(8-15)4-5-13(16)17/h7,11H,2-6,8-9H2,1H3,(H,16,17). The van der Waals surface area contributed by atoms with Gasteiger partial charge in [-0.25, -0.2) is 0 Å². The molecule has 1 atom stereocenters. The zero-order valence-corrected chi connectivity index (χ0v) is 10.8. The van der Waals surface area contributed by atoms with Crippen LogP contribution in [0.15, 0.2) is 10.6 Å². The van der Waals surface area contributed by atoms with Crippen molar-refractivity contribution in [3.8, 4) is 0 Å². The number of aromatic nitrogens is 1. The molecule has 0 bridgehead atoms. The van der Waals surface area contributed by atoms with E-state index in [1.807, 2.05) is 13.0 Å². The van der Waals surface area contributed by atoms with Crippen LogP contribution in [0.25, 0.3) is 0 Å². The van der Waals surface area contributed by atoms with E-state index >= 15 is 0 Å². The number of aliphatic carboxylic acids is 1. The summed E-state index contributed by atoms with van der Waals surface area (Å²) < 4.78 is 5.06. The Labute approximate surface area is 107 Å². The van der Waals surface area contributed by atoms with Gasteiger partial charge in [-0.05, 0) is 38.6 Å². The summed E-state index contributed by atoms with van der Waals surface area (Å²) in [5.41, 5.74) is 0.964. The molecule has 0 aliphatic carbocycles. The Morgan fingerprint density at radius 1 is 1.67 bits per heavy atom. The van der Waals surface area contributed by atoms with Crippen LogP contribution in [0.1, 0.15) is 37.1 Å². The Bertz CT molecular complexity index is 403. The van der Waals surface area contributed by atoms with Crippen LogP contribution in [0, 0.1) is 12.8 Å². The fraction of sp³-hybridized carbons (Fsp3) is 0.692. The minimum Gasteiger partial charge on any atom is -0.481 e. The van der Waals surface area contributed by atoms with Crippen LogP contribution >= 0.6 is 0 Å². The smallest absolute Gasteiger partial charge is 0.303 e. The Balaban J connectivity index is 1.81. The molecule has 2 rings (SSSR count). The quantitative estimate of drug-likeness (QED) is 0.868. The molecule has 5 nitrogen and oxygen atoms in total. The Morgan fingerprint density at radius 3 is 3.17 bits per heavy atom. The highest BCUT2D eigenvalue weighted by Gasteiger charge is 2.21. The number of carboxylic acids is 1. The second-order valence-corrected chi connectivity index (χ2v) is 5.10. The van der Waals surface area contributed by atoms with Gasteiger partial charge < -0.3 is 9.63 Å². The lowest BCUT2D eigenvalue weighted by atomic mass is 9.93. The van der Waals surface area contributed by atoms with E-state index in [-0.39, 0.29) is 6.42 Å². The number of piperidine rings is 1. The monoisotopic (exact) mass is 252 g/mol.